The third kappa shape index (κ3) is 2.30. The van der Waals surface area contributed by atoms with Crippen LogP contribution in [0.5, 0.6) is 0 Å². The van der Waals surface area contributed by atoms with Crippen LogP contribution >= 0.6 is 0 Å². The second-order valence-electron chi connectivity index (χ2n) is 6.08. The van der Waals surface area contributed by atoms with Gasteiger partial charge in [0.25, 0.3) is 0 Å². The zero-order valence-corrected chi connectivity index (χ0v) is 11.7. The van der Waals surface area contributed by atoms with Crippen LogP contribution in [0.25, 0.3) is 5.52 Å². The van der Waals surface area contributed by atoms with Gasteiger partial charge in [0.2, 0.25) is 0 Å². The standard InChI is InChI=1S/C14H20N4O/c1-14(2,3)11-8-16-18-6-5-15-13(12(11)18)17-10-4-7-19-9-10/h5-6,8,10H,4,7,9H2,1-3H3,(H,15,17). The Hall–Kier alpha value is -1.62. The number of nitrogens with zero attached hydrogens (tertiary/aromatic N) is 3. The second-order valence-corrected chi connectivity index (χ2v) is 6.08. The maximum absolute atomic E-state index is 5.41. The first-order valence-electron chi connectivity index (χ1n) is 6.73. The third-order valence-electron chi connectivity index (χ3n) is 3.51. The average Bonchev–Trinajstić information content (AvgIpc) is 2.96. The molecule has 0 radical (unpaired) electrons. The summed E-state index contributed by atoms with van der Waals surface area (Å²) in [6, 6.07) is 0.349. The highest BCUT2D eigenvalue weighted by molar-refractivity contribution is 5.73. The highest BCUT2D eigenvalue weighted by atomic mass is 16.5. The first-order valence-corrected chi connectivity index (χ1v) is 6.73. The number of nitrogens with one attached hydrogen (secondary N) is 1. The van der Waals surface area contributed by atoms with Crippen LogP contribution in [-0.2, 0) is 10.2 Å². The van der Waals surface area contributed by atoms with Crippen molar-refractivity contribution < 1.29 is 4.74 Å². The van der Waals surface area contributed by atoms with Gasteiger partial charge in [-0.15, -0.1) is 0 Å². The maximum Gasteiger partial charge on any atom is 0.152 e. The zero-order chi connectivity index (χ0) is 13.5. The highest BCUT2D eigenvalue weighted by Gasteiger charge is 2.23. The van der Waals surface area contributed by atoms with Gasteiger partial charge in [-0.1, -0.05) is 20.8 Å². The summed E-state index contributed by atoms with van der Waals surface area (Å²) in [5, 5.41) is 7.91. The Bertz CT molecular complexity index is 579. The summed E-state index contributed by atoms with van der Waals surface area (Å²) in [6.07, 6.45) is 6.64. The smallest absolute Gasteiger partial charge is 0.152 e. The fourth-order valence-corrected chi connectivity index (χ4v) is 2.44. The van der Waals surface area contributed by atoms with E-state index in [9.17, 15) is 0 Å². The van der Waals surface area contributed by atoms with Crippen LogP contribution in [0.4, 0.5) is 5.82 Å². The number of hydrogen-bond acceptors (Lipinski definition) is 4. The molecule has 19 heavy (non-hydrogen) atoms. The molecule has 3 rings (SSSR count). The first kappa shape index (κ1) is 12.4. The van der Waals surface area contributed by atoms with Gasteiger partial charge in [0.15, 0.2) is 5.82 Å². The average molecular weight is 260 g/mol. The molecule has 0 aromatic carbocycles. The van der Waals surface area contributed by atoms with Gasteiger partial charge in [0.05, 0.1) is 18.8 Å². The van der Waals surface area contributed by atoms with E-state index < -0.39 is 0 Å². The molecule has 1 N–H and O–H groups in total. The minimum Gasteiger partial charge on any atom is -0.379 e. The molecule has 1 aliphatic heterocycles. The summed E-state index contributed by atoms with van der Waals surface area (Å²) < 4.78 is 7.30. The van der Waals surface area contributed by atoms with Crippen molar-refractivity contribution in [3.05, 3.63) is 24.2 Å². The van der Waals surface area contributed by atoms with Crippen LogP contribution in [0, 0.1) is 0 Å². The number of aromatic nitrogens is 3. The van der Waals surface area contributed by atoms with E-state index in [1.807, 2.05) is 16.9 Å². The molecule has 1 aliphatic rings. The molecule has 2 aromatic heterocycles. The van der Waals surface area contributed by atoms with Crippen molar-refractivity contribution in [1.82, 2.24) is 14.6 Å². The van der Waals surface area contributed by atoms with Gasteiger partial charge in [-0.3, -0.25) is 0 Å². The molecular weight excluding hydrogens is 240 g/mol. The predicted octanol–water partition coefficient (Wildman–Crippen LogP) is 2.23. The SMILES string of the molecule is CC(C)(C)c1cnn2ccnc(NC3CCOC3)c12. The molecule has 0 amide bonds. The van der Waals surface area contributed by atoms with Gasteiger partial charge >= 0.3 is 0 Å². The Morgan fingerprint density at radius 2 is 2.26 bits per heavy atom. The number of fused-ring (bicyclic) bond motifs is 1. The van der Waals surface area contributed by atoms with Crippen molar-refractivity contribution in [2.24, 2.45) is 0 Å². The molecule has 0 saturated carbocycles. The molecule has 0 spiro atoms. The van der Waals surface area contributed by atoms with Gasteiger partial charge in [-0.05, 0) is 11.8 Å². The number of rotatable bonds is 2. The summed E-state index contributed by atoms with van der Waals surface area (Å²) in [6.45, 7) is 8.16. The predicted molar refractivity (Wildman–Crippen MR) is 74.5 cm³/mol. The van der Waals surface area contributed by atoms with E-state index in [1.165, 1.54) is 5.56 Å². The molecule has 1 saturated heterocycles. The second kappa shape index (κ2) is 4.49. The van der Waals surface area contributed by atoms with E-state index >= 15 is 0 Å². The molecule has 1 fully saturated rings. The Labute approximate surface area is 113 Å². The molecule has 5 heteroatoms. The zero-order valence-electron chi connectivity index (χ0n) is 11.7. The van der Waals surface area contributed by atoms with Gasteiger partial charge in [-0.25, -0.2) is 9.50 Å². The van der Waals surface area contributed by atoms with Crippen molar-refractivity contribution in [3.8, 4) is 0 Å². The molecular formula is C14H20N4O. The van der Waals surface area contributed by atoms with Crippen LogP contribution in [0.3, 0.4) is 0 Å². The van der Waals surface area contributed by atoms with Crippen molar-refractivity contribution in [1.29, 1.82) is 0 Å². The monoisotopic (exact) mass is 260 g/mol. The van der Waals surface area contributed by atoms with Crippen LogP contribution in [0.1, 0.15) is 32.8 Å². The minimum atomic E-state index is 0.0490. The third-order valence-corrected chi connectivity index (χ3v) is 3.51. The quantitative estimate of drug-likeness (QED) is 0.899. The van der Waals surface area contributed by atoms with Gasteiger partial charge in [-0.2, -0.15) is 5.10 Å². The van der Waals surface area contributed by atoms with Crippen molar-refractivity contribution in [2.75, 3.05) is 18.5 Å². The molecule has 3 heterocycles. The van der Waals surface area contributed by atoms with Crippen LogP contribution in [0.15, 0.2) is 18.6 Å². The van der Waals surface area contributed by atoms with E-state index in [0.717, 1.165) is 31.0 Å². The number of ether oxygens (including phenoxy) is 1. The lowest BCUT2D eigenvalue weighted by Crippen LogP contribution is -2.21. The Kier molecular flexibility index (Phi) is 2.93. The van der Waals surface area contributed by atoms with E-state index in [2.05, 4.69) is 36.2 Å². The Morgan fingerprint density at radius 1 is 1.42 bits per heavy atom. The summed E-state index contributed by atoms with van der Waals surface area (Å²) in [5.41, 5.74) is 2.33. The maximum atomic E-state index is 5.41. The van der Waals surface area contributed by atoms with Gasteiger partial charge < -0.3 is 10.1 Å². The fraction of sp³-hybridized carbons (Fsp3) is 0.571. The topological polar surface area (TPSA) is 51.5 Å². The highest BCUT2D eigenvalue weighted by Crippen LogP contribution is 2.30. The lowest BCUT2D eigenvalue weighted by atomic mass is 9.88. The van der Waals surface area contributed by atoms with Crippen LogP contribution in [0.2, 0.25) is 0 Å². The molecule has 2 aromatic rings. The van der Waals surface area contributed by atoms with E-state index in [4.69, 9.17) is 4.74 Å². The van der Waals surface area contributed by atoms with Crippen molar-refractivity contribution in [3.63, 3.8) is 0 Å². The van der Waals surface area contributed by atoms with Crippen molar-refractivity contribution in [2.45, 2.75) is 38.6 Å². The summed E-state index contributed by atoms with van der Waals surface area (Å²) in [4.78, 5) is 4.49. The summed E-state index contributed by atoms with van der Waals surface area (Å²) in [7, 11) is 0. The molecule has 0 aliphatic carbocycles. The molecule has 1 unspecified atom stereocenters. The molecule has 1 atom stereocenters. The molecule has 5 nitrogen and oxygen atoms in total. The lowest BCUT2D eigenvalue weighted by Gasteiger charge is -2.19. The summed E-state index contributed by atoms with van der Waals surface area (Å²) >= 11 is 0. The lowest BCUT2D eigenvalue weighted by molar-refractivity contribution is 0.195. The Balaban J connectivity index is 2.05. The fourth-order valence-electron chi connectivity index (χ4n) is 2.44. The molecule has 102 valence electrons. The number of hydrogen-bond donors (Lipinski definition) is 1. The normalized spacial score (nSPS) is 20.1. The van der Waals surface area contributed by atoms with E-state index in [0.29, 0.717) is 6.04 Å². The van der Waals surface area contributed by atoms with Crippen LogP contribution < -0.4 is 5.32 Å². The largest absolute Gasteiger partial charge is 0.379 e. The van der Waals surface area contributed by atoms with Crippen molar-refractivity contribution >= 4 is 11.3 Å². The van der Waals surface area contributed by atoms with Gasteiger partial charge in [0, 0.05) is 24.6 Å². The van der Waals surface area contributed by atoms with E-state index in [1.54, 1.807) is 6.20 Å². The summed E-state index contributed by atoms with van der Waals surface area (Å²) in [5.74, 6) is 0.903. The van der Waals surface area contributed by atoms with Gasteiger partial charge in [0.1, 0.15) is 5.52 Å². The molecule has 0 bridgehead atoms. The minimum absolute atomic E-state index is 0.0490. The first-order chi connectivity index (χ1) is 9.05. The Morgan fingerprint density at radius 3 is 2.95 bits per heavy atom. The van der Waals surface area contributed by atoms with Crippen LogP contribution in [-0.4, -0.2) is 33.9 Å². The number of anilines is 1. The van der Waals surface area contributed by atoms with E-state index in [-0.39, 0.29) is 5.41 Å².